The van der Waals surface area contributed by atoms with Crippen LogP contribution in [0.15, 0.2) is 23.8 Å². The zero-order valence-electron chi connectivity index (χ0n) is 9.75. The molecule has 0 heterocycles. The van der Waals surface area contributed by atoms with Crippen molar-refractivity contribution in [3.05, 3.63) is 23.8 Å². The van der Waals surface area contributed by atoms with Gasteiger partial charge in [-0.1, -0.05) is 38.5 Å². The van der Waals surface area contributed by atoms with E-state index in [1.165, 1.54) is 6.42 Å². The van der Waals surface area contributed by atoms with Crippen molar-refractivity contribution in [3.63, 3.8) is 0 Å². The third kappa shape index (κ3) is 2.48. The van der Waals surface area contributed by atoms with Crippen LogP contribution in [0.25, 0.3) is 0 Å². The number of hydrogen-bond donors (Lipinski definition) is 1. The Balaban J connectivity index is 2.62. The average molecular weight is 194 g/mol. The lowest BCUT2D eigenvalue weighted by molar-refractivity contribution is 0.0474. The Morgan fingerprint density at radius 2 is 2.14 bits per heavy atom. The first-order chi connectivity index (χ1) is 6.44. The van der Waals surface area contributed by atoms with Crippen LogP contribution in [0.2, 0.25) is 0 Å². The molecule has 1 aliphatic carbocycles. The van der Waals surface area contributed by atoms with Gasteiger partial charge < -0.3 is 5.11 Å². The zero-order chi connectivity index (χ0) is 10.8. The van der Waals surface area contributed by atoms with Crippen LogP contribution in [-0.2, 0) is 0 Å². The van der Waals surface area contributed by atoms with E-state index in [-0.39, 0.29) is 5.92 Å². The van der Waals surface area contributed by atoms with Crippen LogP contribution in [0.1, 0.15) is 40.5 Å². The van der Waals surface area contributed by atoms with Crippen LogP contribution in [0.3, 0.4) is 0 Å². The van der Waals surface area contributed by atoms with Gasteiger partial charge in [-0.2, -0.15) is 0 Å². The third-order valence-corrected chi connectivity index (χ3v) is 3.27. The third-order valence-electron chi connectivity index (χ3n) is 3.27. The maximum Gasteiger partial charge on any atom is 0.0891 e. The van der Waals surface area contributed by atoms with Gasteiger partial charge >= 0.3 is 0 Å². The van der Waals surface area contributed by atoms with Crippen LogP contribution >= 0.6 is 0 Å². The van der Waals surface area contributed by atoms with E-state index < -0.39 is 5.60 Å². The van der Waals surface area contributed by atoms with Crippen LogP contribution in [0.4, 0.5) is 0 Å². The van der Waals surface area contributed by atoms with Crippen LogP contribution in [0, 0.1) is 11.8 Å². The van der Waals surface area contributed by atoms with E-state index >= 15 is 0 Å². The highest BCUT2D eigenvalue weighted by Gasteiger charge is 2.32. The van der Waals surface area contributed by atoms with Gasteiger partial charge in [-0.05, 0) is 31.8 Å². The largest absolute Gasteiger partial charge is 0.385 e. The minimum Gasteiger partial charge on any atom is -0.385 e. The Morgan fingerprint density at radius 3 is 2.71 bits per heavy atom. The lowest BCUT2D eigenvalue weighted by Crippen LogP contribution is -2.36. The molecule has 0 bridgehead atoms. The average Bonchev–Trinajstić information content (AvgIpc) is 2.07. The number of rotatable bonds is 3. The Hall–Kier alpha value is -0.560. The lowest BCUT2D eigenvalue weighted by Gasteiger charge is -2.34. The van der Waals surface area contributed by atoms with Crippen LogP contribution in [0.5, 0.6) is 0 Å². The van der Waals surface area contributed by atoms with E-state index in [1.54, 1.807) is 0 Å². The fourth-order valence-electron chi connectivity index (χ4n) is 1.87. The van der Waals surface area contributed by atoms with Crippen molar-refractivity contribution in [2.24, 2.45) is 11.8 Å². The molecule has 0 radical (unpaired) electrons. The zero-order valence-corrected chi connectivity index (χ0v) is 9.75. The van der Waals surface area contributed by atoms with E-state index in [9.17, 15) is 5.11 Å². The maximum absolute atomic E-state index is 10.3. The summed E-state index contributed by atoms with van der Waals surface area (Å²) in [4.78, 5) is 0. The second kappa shape index (κ2) is 4.31. The molecular formula is C13H22O. The van der Waals surface area contributed by atoms with Crippen molar-refractivity contribution < 1.29 is 5.11 Å². The molecule has 0 aliphatic heterocycles. The van der Waals surface area contributed by atoms with Gasteiger partial charge in [0.1, 0.15) is 0 Å². The maximum atomic E-state index is 10.3. The highest BCUT2D eigenvalue weighted by molar-refractivity contribution is 5.27. The molecule has 1 N–H and O–H groups in total. The molecule has 1 rings (SSSR count). The smallest absolute Gasteiger partial charge is 0.0891 e. The van der Waals surface area contributed by atoms with Crippen molar-refractivity contribution >= 4 is 0 Å². The Labute approximate surface area is 87.5 Å². The summed E-state index contributed by atoms with van der Waals surface area (Å²) in [6.07, 6.45) is 8.46. The minimum atomic E-state index is -0.635. The molecule has 0 saturated heterocycles. The van der Waals surface area contributed by atoms with Crippen molar-refractivity contribution in [2.45, 2.75) is 46.1 Å². The van der Waals surface area contributed by atoms with Gasteiger partial charge in [0.2, 0.25) is 0 Å². The number of allylic oxidation sites excluding steroid dienone is 2. The highest BCUT2D eigenvalue weighted by Crippen LogP contribution is 2.33. The molecule has 0 spiro atoms. The monoisotopic (exact) mass is 194 g/mol. The summed E-state index contributed by atoms with van der Waals surface area (Å²) in [6.45, 7) is 8.38. The molecule has 80 valence electrons. The van der Waals surface area contributed by atoms with Gasteiger partial charge in [-0.15, -0.1) is 0 Å². The van der Waals surface area contributed by atoms with Gasteiger partial charge in [0.25, 0.3) is 0 Å². The summed E-state index contributed by atoms with van der Waals surface area (Å²) in [7, 11) is 0. The lowest BCUT2D eigenvalue weighted by atomic mass is 9.77. The molecular weight excluding hydrogens is 172 g/mol. The fourth-order valence-corrected chi connectivity index (χ4v) is 1.87. The molecule has 0 aromatic carbocycles. The number of aliphatic hydroxyl groups is 1. The van der Waals surface area contributed by atoms with E-state index in [2.05, 4.69) is 26.0 Å². The van der Waals surface area contributed by atoms with Crippen molar-refractivity contribution in [2.75, 3.05) is 0 Å². The topological polar surface area (TPSA) is 20.2 Å². The molecule has 14 heavy (non-hydrogen) atoms. The molecule has 2 atom stereocenters. The van der Waals surface area contributed by atoms with Crippen LogP contribution in [-0.4, -0.2) is 10.7 Å². The molecule has 0 aromatic heterocycles. The van der Waals surface area contributed by atoms with Gasteiger partial charge in [0, 0.05) is 5.92 Å². The first kappa shape index (κ1) is 11.5. The van der Waals surface area contributed by atoms with E-state index in [4.69, 9.17) is 0 Å². The van der Waals surface area contributed by atoms with Gasteiger partial charge in [-0.25, -0.2) is 0 Å². The first-order valence-corrected chi connectivity index (χ1v) is 5.52. The molecule has 1 heteroatoms. The summed E-state index contributed by atoms with van der Waals surface area (Å²) in [5, 5.41) is 10.3. The van der Waals surface area contributed by atoms with Crippen LogP contribution < -0.4 is 0 Å². The molecule has 0 amide bonds. The van der Waals surface area contributed by atoms with Gasteiger partial charge in [-0.3, -0.25) is 0 Å². The molecule has 1 aliphatic rings. The molecule has 0 saturated carbocycles. The summed E-state index contributed by atoms with van der Waals surface area (Å²) in [5.41, 5.74) is 0.442. The Morgan fingerprint density at radius 1 is 1.50 bits per heavy atom. The summed E-state index contributed by atoms with van der Waals surface area (Å²) < 4.78 is 0. The van der Waals surface area contributed by atoms with Crippen molar-refractivity contribution in [3.8, 4) is 0 Å². The fraction of sp³-hybridized carbons (Fsp3) is 0.692. The van der Waals surface area contributed by atoms with Crippen molar-refractivity contribution in [1.29, 1.82) is 0 Å². The molecule has 0 fully saturated rings. The summed E-state index contributed by atoms with van der Waals surface area (Å²) in [6, 6.07) is 0. The Bertz CT molecular complexity index is 246. The predicted molar refractivity (Wildman–Crippen MR) is 61.1 cm³/mol. The predicted octanol–water partition coefficient (Wildman–Crippen LogP) is 3.31. The normalized spacial score (nSPS) is 32.1. The highest BCUT2D eigenvalue weighted by atomic mass is 16.3. The van der Waals surface area contributed by atoms with Gasteiger partial charge in [0.15, 0.2) is 0 Å². The minimum absolute atomic E-state index is 0.287. The van der Waals surface area contributed by atoms with E-state index in [0.717, 1.165) is 12.0 Å². The SMILES string of the molecule is CC1=CC=CC(CCC(C)C)C1(C)O. The second-order valence-electron chi connectivity index (χ2n) is 4.96. The summed E-state index contributed by atoms with van der Waals surface area (Å²) in [5.74, 6) is 1.00. The quantitative estimate of drug-likeness (QED) is 0.731. The van der Waals surface area contributed by atoms with E-state index in [1.807, 2.05) is 19.9 Å². The van der Waals surface area contributed by atoms with E-state index in [0.29, 0.717) is 5.92 Å². The molecule has 0 aromatic rings. The molecule has 1 nitrogen and oxygen atoms in total. The second-order valence-corrected chi connectivity index (χ2v) is 4.96. The van der Waals surface area contributed by atoms with Gasteiger partial charge in [0.05, 0.1) is 5.60 Å². The first-order valence-electron chi connectivity index (χ1n) is 5.52. The standard InChI is InChI=1S/C13H22O/c1-10(2)8-9-12-7-5-6-11(3)13(12,4)14/h5-7,10,12,14H,8-9H2,1-4H3. The number of hydrogen-bond acceptors (Lipinski definition) is 1. The Kier molecular flexibility index (Phi) is 3.54. The molecule has 2 unspecified atom stereocenters. The van der Waals surface area contributed by atoms with Crippen molar-refractivity contribution in [1.82, 2.24) is 0 Å². The summed E-state index contributed by atoms with van der Waals surface area (Å²) >= 11 is 0.